The van der Waals surface area contributed by atoms with E-state index in [4.69, 9.17) is 4.74 Å². The normalized spacial score (nSPS) is 35.0. The number of carbonyl (C=O) groups is 1. The van der Waals surface area contributed by atoms with Crippen molar-refractivity contribution in [1.29, 1.82) is 0 Å². The number of nitrogens with one attached hydrogen (secondary N) is 1. The molecule has 2 aliphatic heterocycles. The Morgan fingerprint density at radius 3 is 2.79 bits per heavy atom. The van der Waals surface area contributed by atoms with Crippen LogP contribution in [0.2, 0.25) is 0 Å². The van der Waals surface area contributed by atoms with Crippen LogP contribution < -0.4 is 5.32 Å². The Morgan fingerprint density at radius 2 is 2.11 bits per heavy atom. The minimum atomic E-state index is 0.0150. The molecule has 2 rings (SSSR count). The zero-order valence-electron chi connectivity index (χ0n) is 12.5. The fraction of sp³-hybridized carbons (Fsp3) is 0.933. The highest BCUT2D eigenvalue weighted by Gasteiger charge is 2.41. The van der Waals surface area contributed by atoms with E-state index in [0.717, 1.165) is 32.2 Å². The van der Waals surface area contributed by atoms with Crippen LogP contribution in [-0.2, 0) is 9.53 Å². The predicted molar refractivity (Wildman–Crippen MR) is 76.0 cm³/mol. The van der Waals surface area contributed by atoms with Crippen molar-refractivity contribution in [2.75, 3.05) is 19.8 Å². The molecule has 1 amide bonds. The van der Waals surface area contributed by atoms with Crippen molar-refractivity contribution in [2.45, 2.75) is 64.6 Å². The molecule has 0 saturated carbocycles. The Balaban J connectivity index is 2.01. The summed E-state index contributed by atoms with van der Waals surface area (Å²) in [6.45, 7) is 8.73. The zero-order chi connectivity index (χ0) is 13.8. The molecule has 4 nitrogen and oxygen atoms in total. The van der Waals surface area contributed by atoms with E-state index in [-0.39, 0.29) is 12.0 Å². The molecule has 0 aromatic rings. The maximum atomic E-state index is 12.8. The van der Waals surface area contributed by atoms with Gasteiger partial charge in [-0.25, -0.2) is 0 Å². The SMILES string of the molecule is CCCNC1COCC1C(=O)N1C(C)CCC1CC. The molecule has 0 aliphatic carbocycles. The molecule has 0 aromatic carbocycles. The fourth-order valence-electron chi connectivity index (χ4n) is 3.39. The molecule has 0 spiro atoms. The molecule has 0 radical (unpaired) electrons. The highest BCUT2D eigenvalue weighted by molar-refractivity contribution is 5.81. The van der Waals surface area contributed by atoms with Gasteiger partial charge in [0.05, 0.1) is 19.1 Å². The van der Waals surface area contributed by atoms with Gasteiger partial charge in [0.15, 0.2) is 0 Å². The van der Waals surface area contributed by atoms with Gasteiger partial charge in [0.25, 0.3) is 0 Å². The zero-order valence-corrected chi connectivity index (χ0v) is 12.5. The largest absolute Gasteiger partial charge is 0.379 e. The third-order valence-corrected chi connectivity index (χ3v) is 4.57. The molecular weight excluding hydrogens is 240 g/mol. The quantitative estimate of drug-likeness (QED) is 0.826. The topological polar surface area (TPSA) is 41.6 Å². The van der Waals surface area contributed by atoms with E-state index in [1.54, 1.807) is 0 Å². The molecule has 2 heterocycles. The summed E-state index contributed by atoms with van der Waals surface area (Å²) in [6, 6.07) is 1.04. The molecule has 19 heavy (non-hydrogen) atoms. The summed E-state index contributed by atoms with van der Waals surface area (Å²) < 4.78 is 5.54. The monoisotopic (exact) mass is 268 g/mol. The van der Waals surface area contributed by atoms with Crippen LogP contribution >= 0.6 is 0 Å². The van der Waals surface area contributed by atoms with Crippen molar-refractivity contribution in [3.05, 3.63) is 0 Å². The maximum Gasteiger partial charge on any atom is 0.230 e. The van der Waals surface area contributed by atoms with Crippen LogP contribution in [0.3, 0.4) is 0 Å². The highest BCUT2D eigenvalue weighted by Crippen LogP contribution is 2.29. The van der Waals surface area contributed by atoms with Crippen LogP contribution in [0, 0.1) is 5.92 Å². The molecule has 2 fully saturated rings. The second-order valence-electron chi connectivity index (χ2n) is 5.94. The van der Waals surface area contributed by atoms with E-state index >= 15 is 0 Å². The van der Waals surface area contributed by atoms with Crippen molar-refractivity contribution in [1.82, 2.24) is 10.2 Å². The maximum absolute atomic E-state index is 12.8. The highest BCUT2D eigenvalue weighted by atomic mass is 16.5. The Bertz CT molecular complexity index is 309. The summed E-state index contributed by atoms with van der Waals surface area (Å²) in [4.78, 5) is 14.9. The molecule has 0 aromatic heterocycles. The summed E-state index contributed by atoms with van der Waals surface area (Å²) in [7, 11) is 0. The van der Waals surface area contributed by atoms with Gasteiger partial charge in [0, 0.05) is 18.1 Å². The van der Waals surface area contributed by atoms with E-state index < -0.39 is 0 Å². The molecule has 2 saturated heterocycles. The number of likely N-dealkylation sites (tertiary alicyclic amines) is 1. The second kappa shape index (κ2) is 6.71. The first-order valence-electron chi connectivity index (χ1n) is 7.82. The summed E-state index contributed by atoms with van der Waals surface area (Å²) in [5, 5.41) is 3.46. The Morgan fingerprint density at radius 1 is 1.32 bits per heavy atom. The van der Waals surface area contributed by atoms with Gasteiger partial charge in [0.2, 0.25) is 5.91 Å². The number of rotatable bonds is 5. The second-order valence-corrected chi connectivity index (χ2v) is 5.94. The van der Waals surface area contributed by atoms with Crippen LogP contribution in [0.5, 0.6) is 0 Å². The average molecular weight is 268 g/mol. The molecule has 110 valence electrons. The van der Waals surface area contributed by atoms with Gasteiger partial charge in [-0.05, 0) is 39.2 Å². The fourth-order valence-corrected chi connectivity index (χ4v) is 3.39. The van der Waals surface area contributed by atoms with Crippen molar-refractivity contribution in [3.63, 3.8) is 0 Å². The number of carbonyl (C=O) groups excluding carboxylic acids is 1. The predicted octanol–water partition coefficient (Wildman–Crippen LogP) is 1.79. The first-order valence-corrected chi connectivity index (χ1v) is 7.82. The minimum absolute atomic E-state index is 0.0150. The van der Waals surface area contributed by atoms with Crippen LogP contribution in [0.4, 0.5) is 0 Å². The summed E-state index contributed by atoms with van der Waals surface area (Å²) in [5.74, 6) is 0.323. The number of amides is 1. The lowest BCUT2D eigenvalue weighted by Crippen LogP contribution is -2.49. The third-order valence-electron chi connectivity index (χ3n) is 4.57. The van der Waals surface area contributed by atoms with Crippen molar-refractivity contribution in [3.8, 4) is 0 Å². The first-order chi connectivity index (χ1) is 9.19. The molecule has 1 N–H and O–H groups in total. The molecular formula is C15H28N2O2. The summed E-state index contributed by atoms with van der Waals surface area (Å²) >= 11 is 0. The van der Waals surface area contributed by atoms with Gasteiger partial charge in [-0.15, -0.1) is 0 Å². The lowest BCUT2D eigenvalue weighted by Gasteiger charge is -2.32. The van der Waals surface area contributed by atoms with Gasteiger partial charge in [-0.1, -0.05) is 13.8 Å². The number of hydrogen-bond acceptors (Lipinski definition) is 3. The van der Waals surface area contributed by atoms with Gasteiger partial charge < -0.3 is 15.0 Å². The van der Waals surface area contributed by atoms with E-state index in [1.165, 1.54) is 0 Å². The average Bonchev–Trinajstić information content (AvgIpc) is 3.01. The van der Waals surface area contributed by atoms with Crippen LogP contribution in [0.15, 0.2) is 0 Å². The van der Waals surface area contributed by atoms with Gasteiger partial charge in [-0.3, -0.25) is 4.79 Å². The van der Waals surface area contributed by atoms with Gasteiger partial charge in [0.1, 0.15) is 0 Å². The Kier molecular flexibility index (Phi) is 5.22. The summed E-state index contributed by atoms with van der Waals surface area (Å²) in [5.41, 5.74) is 0. The lowest BCUT2D eigenvalue weighted by atomic mass is 10.0. The number of nitrogens with zero attached hydrogens (tertiary/aromatic N) is 1. The smallest absolute Gasteiger partial charge is 0.230 e. The number of ether oxygens (including phenoxy) is 1. The first kappa shape index (κ1) is 14.8. The van der Waals surface area contributed by atoms with Crippen molar-refractivity contribution >= 4 is 5.91 Å². The standard InChI is InChI=1S/C15H28N2O2/c1-4-8-16-14-10-19-9-13(14)15(18)17-11(3)6-7-12(17)5-2/h11-14,16H,4-10H2,1-3H3. The van der Waals surface area contributed by atoms with Crippen LogP contribution in [0.25, 0.3) is 0 Å². The molecule has 4 atom stereocenters. The van der Waals surface area contributed by atoms with E-state index in [9.17, 15) is 4.79 Å². The third kappa shape index (κ3) is 3.11. The minimum Gasteiger partial charge on any atom is -0.379 e. The van der Waals surface area contributed by atoms with Gasteiger partial charge >= 0.3 is 0 Å². The van der Waals surface area contributed by atoms with Crippen molar-refractivity contribution in [2.24, 2.45) is 5.92 Å². The molecule has 4 heteroatoms. The molecule has 0 bridgehead atoms. The van der Waals surface area contributed by atoms with Gasteiger partial charge in [-0.2, -0.15) is 0 Å². The molecule has 2 aliphatic rings. The van der Waals surface area contributed by atoms with E-state index in [2.05, 4.69) is 31.0 Å². The Hall–Kier alpha value is -0.610. The van der Waals surface area contributed by atoms with Crippen LogP contribution in [-0.4, -0.2) is 48.7 Å². The van der Waals surface area contributed by atoms with Crippen LogP contribution in [0.1, 0.15) is 46.5 Å². The Labute approximate surface area is 116 Å². The lowest BCUT2D eigenvalue weighted by molar-refractivity contribution is -0.138. The number of hydrogen-bond donors (Lipinski definition) is 1. The van der Waals surface area contributed by atoms with E-state index in [0.29, 0.717) is 31.2 Å². The van der Waals surface area contributed by atoms with Crippen molar-refractivity contribution < 1.29 is 9.53 Å². The summed E-state index contributed by atoms with van der Waals surface area (Å²) in [6.07, 6.45) is 4.46. The molecule has 4 unspecified atom stereocenters. The van der Waals surface area contributed by atoms with E-state index in [1.807, 2.05) is 0 Å².